The van der Waals surface area contributed by atoms with E-state index in [0.29, 0.717) is 5.75 Å². The van der Waals surface area contributed by atoms with E-state index in [0.717, 1.165) is 5.56 Å². The van der Waals surface area contributed by atoms with Crippen LogP contribution in [0.4, 0.5) is 0 Å². The van der Waals surface area contributed by atoms with Crippen molar-refractivity contribution in [1.82, 2.24) is 0 Å². The first-order valence-electron chi connectivity index (χ1n) is 6.70. The van der Waals surface area contributed by atoms with E-state index in [9.17, 15) is 5.11 Å². The van der Waals surface area contributed by atoms with Gasteiger partial charge in [0.25, 0.3) is 0 Å². The van der Waals surface area contributed by atoms with Gasteiger partial charge in [0, 0.05) is 10.6 Å². The average Bonchev–Trinajstić information content (AvgIpc) is 2.47. The third-order valence-corrected chi connectivity index (χ3v) is 4.88. The fourth-order valence-corrected chi connectivity index (χ4v) is 3.28. The van der Waals surface area contributed by atoms with E-state index in [-0.39, 0.29) is 6.61 Å². The molecule has 1 atom stereocenters. The molecular formula is C17H21NOS. The molecule has 0 aliphatic heterocycles. The fourth-order valence-electron chi connectivity index (χ4n) is 2.16. The highest BCUT2D eigenvalue weighted by Crippen LogP contribution is 2.30. The van der Waals surface area contributed by atoms with Crippen molar-refractivity contribution in [1.29, 1.82) is 0 Å². The van der Waals surface area contributed by atoms with Crippen LogP contribution in [0, 0.1) is 13.8 Å². The quantitative estimate of drug-likeness (QED) is 0.830. The van der Waals surface area contributed by atoms with Crippen LogP contribution < -0.4 is 5.73 Å². The minimum atomic E-state index is -0.705. The molecule has 1 unspecified atom stereocenters. The van der Waals surface area contributed by atoms with Gasteiger partial charge in [-0.05, 0) is 31.0 Å². The Bertz CT molecular complexity index is 570. The molecule has 0 aromatic heterocycles. The molecule has 0 heterocycles. The largest absolute Gasteiger partial charge is 0.394 e. The fraction of sp³-hybridized carbons (Fsp3) is 0.294. The van der Waals surface area contributed by atoms with E-state index >= 15 is 0 Å². The van der Waals surface area contributed by atoms with Crippen LogP contribution in [-0.2, 0) is 5.54 Å². The molecule has 3 heteroatoms. The average molecular weight is 287 g/mol. The lowest BCUT2D eigenvalue weighted by molar-refractivity contribution is 0.213. The Kier molecular flexibility index (Phi) is 4.86. The van der Waals surface area contributed by atoms with Crippen LogP contribution in [0.5, 0.6) is 0 Å². The zero-order valence-electron chi connectivity index (χ0n) is 12.0. The SMILES string of the molecule is Cc1ccc(SCC(N)(CO)c2ccccc2)c(C)c1. The summed E-state index contributed by atoms with van der Waals surface area (Å²) in [5, 5.41) is 9.69. The summed E-state index contributed by atoms with van der Waals surface area (Å²) < 4.78 is 0. The lowest BCUT2D eigenvalue weighted by Gasteiger charge is -2.27. The second-order valence-electron chi connectivity index (χ2n) is 5.24. The molecule has 0 spiro atoms. The molecule has 2 rings (SSSR count). The van der Waals surface area contributed by atoms with E-state index in [1.807, 2.05) is 30.3 Å². The summed E-state index contributed by atoms with van der Waals surface area (Å²) in [6.45, 7) is 4.14. The van der Waals surface area contributed by atoms with E-state index in [2.05, 4.69) is 32.0 Å². The Morgan fingerprint density at radius 1 is 1.10 bits per heavy atom. The molecule has 106 valence electrons. The second-order valence-corrected chi connectivity index (χ2v) is 6.26. The van der Waals surface area contributed by atoms with Gasteiger partial charge < -0.3 is 10.8 Å². The van der Waals surface area contributed by atoms with Crippen molar-refractivity contribution < 1.29 is 5.11 Å². The van der Waals surface area contributed by atoms with Crippen molar-refractivity contribution in [2.45, 2.75) is 24.3 Å². The predicted molar refractivity (Wildman–Crippen MR) is 86.0 cm³/mol. The molecule has 0 saturated carbocycles. The Hall–Kier alpha value is -1.29. The lowest BCUT2D eigenvalue weighted by Crippen LogP contribution is -2.43. The molecule has 0 bridgehead atoms. The number of aliphatic hydroxyl groups is 1. The maximum absolute atomic E-state index is 9.69. The number of hydrogen-bond donors (Lipinski definition) is 2. The molecule has 2 aromatic carbocycles. The van der Waals surface area contributed by atoms with Gasteiger partial charge in [0.15, 0.2) is 0 Å². The van der Waals surface area contributed by atoms with Gasteiger partial charge in [0.1, 0.15) is 0 Å². The maximum Gasteiger partial charge on any atom is 0.0739 e. The van der Waals surface area contributed by atoms with Crippen molar-refractivity contribution in [3.63, 3.8) is 0 Å². The highest BCUT2D eigenvalue weighted by Gasteiger charge is 2.26. The van der Waals surface area contributed by atoms with Crippen molar-refractivity contribution >= 4 is 11.8 Å². The molecule has 0 amide bonds. The third-order valence-electron chi connectivity index (χ3n) is 3.45. The van der Waals surface area contributed by atoms with Crippen LogP contribution in [0.1, 0.15) is 16.7 Å². The first-order chi connectivity index (χ1) is 9.55. The van der Waals surface area contributed by atoms with Gasteiger partial charge in [-0.3, -0.25) is 0 Å². The predicted octanol–water partition coefficient (Wildman–Crippen LogP) is 3.24. The van der Waals surface area contributed by atoms with Crippen molar-refractivity contribution in [3.05, 3.63) is 65.2 Å². The van der Waals surface area contributed by atoms with E-state index in [1.165, 1.54) is 16.0 Å². The highest BCUT2D eigenvalue weighted by atomic mass is 32.2. The number of rotatable bonds is 5. The lowest BCUT2D eigenvalue weighted by atomic mass is 9.94. The molecule has 3 N–H and O–H groups in total. The zero-order chi connectivity index (χ0) is 14.6. The Morgan fingerprint density at radius 2 is 1.80 bits per heavy atom. The molecule has 0 aliphatic carbocycles. The topological polar surface area (TPSA) is 46.2 Å². The minimum absolute atomic E-state index is 0.0606. The maximum atomic E-state index is 9.69. The van der Waals surface area contributed by atoms with Gasteiger partial charge in [0.05, 0.1) is 12.1 Å². The Morgan fingerprint density at radius 3 is 2.40 bits per heavy atom. The van der Waals surface area contributed by atoms with Crippen molar-refractivity contribution in [2.24, 2.45) is 5.73 Å². The number of aliphatic hydroxyl groups excluding tert-OH is 1. The van der Waals surface area contributed by atoms with Crippen LogP contribution in [-0.4, -0.2) is 17.5 Å². The smallest absolute Gasteiger partial charge is 0.0739 e. The van der Waals surface area contributed by atoms with E-state index < -0.39 is 5.54 Å². The molecule has 0 aliphatic rings. The van der Waals surface area contributed by atoms with Gasteiger partial charge in [-0.2, -0.15) is 0 Å². The van der Waals surface area contributed by atoms with Crippen LogP contribution in [0.15, 0.2) is 53.4 Å². The van der Waals surface area contributed by atoms with Crippen LogP contribution >= 0.6 is 11.8 Å². The summed E-state index contributed by atoms with van der Waals surface area (Å²) in [5.41, 5.74) is 9.16. The summed E-state index contributed by atoms with van der Waals surface area (Å²) in [4.78, 5) is 1.22. The first-order valence-corrected chi connectivity index (χ1v) is 7.69. The van der Waals surface area contributed by atoms with Crippen LogP contribution in [0.3, 0.4) is 0 Å². The van der Waals surface area contributed by atoms with Gasteiger partial charge in [-0.15, -0.1) is 11.8 Å². The third kappa shape index (κ3) is 3.42. The summed E-state index contributed by atoms with van der Waals surface area (Å²) in [5.74, 6) is 0.650. The Labute approximate surface area is 125 Å². The molecule has 0 saturated heterocycles. The van der Waals surface area contributed by atoms with E-state index in [1.54, 1.807) is 11.8 Å². The monoisotopic (exact) mass is 287 g/mol. The summed E-state index contributed by atoms with van der Waals surface area (Å²) in [6.07, 6.45) is 0. The number of benzene rings is 2. The molecule has 2 aromatic rings. The number of thioether (sulfide) groups is 1. The standard InChI is InChI=1S/C17H21NOS/c1-13-8-9-16(14(2)10-13)20-12-17(18,11-19)15-6-4-3-5-7-15/h3-10,19H,11-12,18H2,1-2H3. The van der Waals surface area contributed by atoms with Crippen LogP contribution in [0.2, 0.25) is 0 Å². The second kappa shape index (κ2) is 6.44. The number of aryl methyl sites for hydroxylation is 2. The molecule has 0 fully saturated rings. The van der Waals surface area contributed by atoms with Crippen molar-refractivity contribution in [3.8, 4) is 0 Å². The van der Waals surface area contributed by atoms with Gasteiger partial charge in [-0.1, -0.05) is 48.0 Å². The zero-order valence-corrected chi connectivity index (χ0v) is 12.8. The summed E-state index contributed by atoms with van der Waals surface area (Å²) in [6, 6.07) is 16.2. The highest BCUT2D eigenvalue weighted by molar-refractivity contribution is 7.99. The normalized spacial score (nSPS) is 14.0. The first kappa shape index (κ1) is 15.1. The summed E-state index contributed by atoms with van der Waals surface area (Å²) >= 11 is 1.70. The van der Waals surface area contributed by atoms with Crippen molar-refractivity contribution in [2.75, 3.05) is 12.4 Å². The van der Waals surface area contributed by atoms with Crippen LogP contribution in [0.25, 0.3) is 0 Å². The molecule has 20 heavy (non-hydrogen) atoms. The minimum Gasteiger partial charge on any atom is -0.394 e. The van der Waals surface area contributed by atoms with Gasteiger partial charge in [-0.25, -0.2) is 0 Å². The molecule has 2 nitrogen and oxygen atoms in total. The van der Waals surface area contributed by atoms with Gasteiger partial charge >= 0.3 is 0 Å². The Balaban J connectivity index is 2.15. The number of hydrogen-bond acceptors (Lipinski definition) is 3. The van der Waals surface area contributed by atoms with Gasteiger partial charge in [0.2, 0.25) is 0 Å². The number of nitrogens with two attached hydrogens (primary N) is 1. The molecular weight excluding hydrogens is 266 g/mol. The van der Waals surface area contributed by atoms with E-state index in [4.69, 9.17) is 5.73 Å². The summed E-state index contributed by atoms with van der Waals surface area (Å²) in [7, 11) is 0. The molecule has 0 radical (unpaired) electrons.